The molecule has 0 aliphatic heterocycles. The van der Waals surface area contributed by atoms with Crippen LogP contribution in [0.3, 0.4) is 0 Å². The summed E-state index contributed by atoms with van der Waals surface area (Å²) in [5.74, 6) is -0.0257. The highest BCUT2D eigenvalue weighted by molar-refractivity contribution is 7.89. The van der Waals surface area contributed by atoms with Crippen molar-refractivity contribution in [2.75, 3.05) is 12.4 Å². The number of hydrogen-bond donors (Lipinski definition) is 2. The maximum atomic E-state index is 11.6. The molecule has 0 aliphatic rings. The van der Waals surface area contributed by atoms with Crippen LogP contribution in [0.5, 0.6) is 0 Å². The Morgan fingerprint density at radius 1 is 1.53 bits per heavy atom. The zero-order valence-electron chi connectivity index (χ0n) is 10.4. The van der Waals surface area contributed by atoms with Gasteiger partial charge in [0.15, 0.2) is 0 Å². The Morgan fingerprint density at radius 2 is 2.24 bits per heavy atom. The van der Waals surface area contributed by atoms with Crippen molar-refractivity contribution in [1.29, 1.82) is 0 Å². The number of nitrogens with zero attached hydrogens (tertiary/aromatic N) is 1. The van der Waals surface area contributed by atoms with Gasteiger partial charge in [-0.2, -0.15) is 5.10 Å². The van der Waals surface area contributed by atoms with E-state index in [0.717, 1.165) is 11.3 Å². The van der Waals surface area contributed by atoms with Crippen molar-refractivity contribution in [3.63, 3.8) is 0 Å². The smallest absolute Gasteiger partial charge is 0.214 e. The lowest BCUT2D eigenvalue weighted by molar-refractivity contribution is 0.0911. The van der Waals surface area contributed by atoms with Gasteiger partial charge in [0.05, 0.1) is 24.7 Å². The number of aryl methyl sites for hydroxylation is 1. The number of hydrogen-bond acceptors (Lipinski definition) is 4. The third-order valence-electron chi connectivity index (χ3n) is 2.22. The van der Waals surface area contributed by atoms with Crippen molar-refractivity contribution in [2.24, 2.45) is 0 Å². The molecule has 1 aromatic rings. The first kappa shape index (κ1) is 14.1. The summed E-state index contributed by atoms with van der Waals surface area (Å²) in [6, 6.07) is 0. The first-order valence-corrected chi connectivity index (χ1v) is 7.14. The first-order chi connectivity index (χ1) is 7.91. The number of nitrogens with one attached hydrogen (secondary N) is 2. The van der Waals surface area contributed by atoms with Gasteiger partial charge in [0, 0.05) is 17.8 Å². The molecule has 0 radical (unpaired) electrons. The standard InChI is InChI=1S/C10H19N3O3S/c1-8(2)16-4-5-17(14,15)12-7-10-6-11-13-9(10)3/h6,8,12H,4-5,7H2,1-3H3,(H,11,13). The van der Waals surface area contributed by atoms with Crippen LogP contribution in [0.25, 0.3) is 0 Å². The highest BCUT2D eigenvalue weighted by Gasteiger charge is 2.11. The van der Waals surface area contributed by atoms with Gasteiger partial charge >= 0.3 is 0 Å². The third kappa shape index (κ3) is 5.29. The molecule has 17 heavy (non-hydrogen) atoms. The predicted molar refractivity (Wildman–Crippen MR) is 65.0 cm³/mol. The van der Waals surface area contributed by atoms with Gasteiger partial charge in [0.1, 0.15) is 0 Å². The average Bonchev–Trinajstić information content (AvgIpc) is 2.60. The lowest BCUT2D eigenvalue weighted by Crippen LogP contribution is -2.28. The quantitative estimate of drug-likeness (QED) is 0.751. The van der Waals surface area contributed by atoms with Crippen LogP contribution >= 0.6 is 0 Å². The molecular weight excluding hydrogens is 242 g/mol. The Hall–Kier alpha value is -0.920. The fraction of sp³-hybridized carbons (Fsp3) is 0.700. The van der Waals surface area contributed by atoms with Crippen molar-refractivity contribution in [3.05, 3.63) is 17.5 Å². The molecule has 98 valence electrons. The topological polar surface area (TPSA) is 84.1 Å². The van der Waals surface area contributed by atoms with E-state index in [9.17, 15) is 8.42 Å². The van der Waals surface area contributed by atoms with E-state index in [1.807, 2.05) is 20.8 Å². The average molecular weight is 261 g/mol. The molecular formula is C10H19N3O3S. The second kappa shape index (κ2) is 6.13. The summed E-state index contributed by atoms with van der Waals surface area (Å²) >= 11 is 0. The number of rotatable bonds is 7. The molecule has 0 unspecified atom stereocenters. The van der Waals surface area contributed by atoms with Gasteiger partial charge in [-0.15, -0.1) is 0 Å². The van der Waals surface area contributed by atoms with Crippen LogP contribution in [-0.2, 0) is 21.3 Å². The minimum Gasteiger partial charge on any atom is -0.378 e. The number of H-pyrrole nitrogens is 1. The zero-order valence-corrected chi connectivity index (χ0v) is 11.2. The summed E-state index contributed by atoms with van der Waals surface area (Å²) in [6.07, 6.45) is 1.66. The lowest BCUT2D eigenvalue weighted by Gasteiger charge is -2.09. The van der Waals surface area contributed by atoms with E-state index < -0.39 is 10.0 Å². The highest BCUT2D eigenvalue weighted by atomic mass is 32.2. The molecule has 1 heterocycles. The Morgan fingerprint density at radius 3 is 2.76 bits per heavy atom. The molecule has 0 bridgehead atoms. The summed E-state index contributed by atoms with van der Waals surface area (Å²) < 4.78 is 30.9. The fourth-order valence-electron chi connectivity index (χ4n) is 1.21. The Kier molecular flexibility index (Phi) is 5.10. The summed E-state index contributed by atoms with van der Waals surface area (Å²) in [5.41, 5.74) is 1.71. The molecule has 0 aromatic carbocycles. The number of ether oxygens (including phenoxy) is 1. The molecule has 0 spiro atoms. The van der Waals surface area contributed by atoms with Gasteiger partial charge in [0.2, 0.25) is 10.0 Å². The summed E-state index contributed by atoms with van der Waals surface area (Å²) in [4.78, 5) is 0. The van der Waals surface area contributed by atoms with Gasteiger partial charge < -0.3 is 4.74 Å². The third-order valence-corrected chi connectivity index (χ3v) is 3.51. The summed E-state index contributed by atoms with van der Waals surface area (Å²) in [6.45, 7) is 6.05. The van der Waals surface area contributed by atoms with Gasteiger partial charge in [-0.3, -0.25) is 5.10 Å². The van der Waals surface area contributed by atoms with Gasteiger partial charge in [-0.05, 0) is 20.8 Å². The minimum atomic E-state index is -3.29. The van der Waals surface area contributed by atoms with E-state index in [1.54, 1.807) is 6.20 Å². The molecule has 0 aliphatic carbocycles. The largest absolute Gasteiger partial charge is 0.378 e. The maximum Gasteiger partial charge on any atom is 0.214 e. The van der Waals surface area contributed by atoms with E-state index in [1.165, 1.54) is 0 Å². The van der Waals surface area contributed by atoms with Gasteiger partial charge in [-0.25, -0.2) is 13.1 Å². The molecule has 1 rings (SSSR count). The van der Waals surface area contributed by atoms with E-state index >= 15 is 0 Å². The number of sulfonamides is 1. The molecule has 2 N–H and O–H groups in total. The monoisotopic (exact) mass is 261 g/mol. The molecule has 6 nitrogen and oxygen atoms in total. The second-order valence-electron chi connectivity index (χ2n) is 4.08. The van der Waals surface area contributed by atoms with Crippen molar-refractivity contribution in [3.8, 4) is 0 Å². The van der Waals surface area contributed by atoms with Crippen LogP contribution in [0.2, 0.25) is 0 Å². The highest BCUT2D eigenvalue weighted by Crippen LogP contribution is 2.02. The van der Waals surface area contributed by atoms with Crippen molar-refractivity contribution >= 4 is 10.0 Å². The van der Waals surface area contributed by atoms with Crippen LogP contribution in [0.15, 0.2) is 6.20 Å². The van der Waals surface area contributed by atoms with E-state index in [-0.39, 0.29) is 25.0 Å². The Balaban J connectivity index is 2.37. The number of aromatic amines is 1. The van der Waals surface area contributed by atoms with Crippen LogP contribution in [0, 0.1) is 6.92 Å². The van der Waals surface area contributed by atoms with E-state index in [4.69, 9.17) is 4.74 Å². The lowest BCUT2D eigenvalue weighted by atomic mass is 10.3. The molecule has 1 aromatic heterocycles. The first-order valence-electron chi connectivity index (χ1n) is 5.48. The summed E-state index contributed by atoms with van der Waals surface area (Å²) in [7, 11) is -3.29. The number of aromatic nitrogens is 2. The molecule has 7 heteroatoms. The fourth-order valence-corrected chi connectivity index (χ4v) is 2.04. The zero-order chi connectivity index (χ0) is 12.9. The van der Waals surface area contributed by atoms with Crippen LogP contribution in [-0.4, -0.2) is 37.1 Å². The molecule has 0 fully saturated rings. The summed E-state index contributed by atoms with van der Waals surface area (Å²) in [5, 5.41) is 6.58. The Labute approximate surface area is 102 Å². The Bertz CT molecular complexity index is 439. The van der Waals surface area contributed by atoms with E-state index in [0.29, 0.717) is 0 Å². The maximum absolute atomic E-state index is 11.6. The van der Waals surface area contributed by atoms with Gasteiger partial charge in [-0.1, -0.05) is 0 Å². The second-order valence-corrected chi connectivity index (χ2v) is 6.01. The SMILES string of the molecule is Cc1[nH]ncc1CNS(=O)(=O)CCOC(C)C. The van der Waals surface area contributed by atoms with Crippen LogP contribution in [0.1, 0.15) is 25.1 Å². The normalized spacial score (nSPS) is 12.2. The van der Waals surface area contributed by atoms with Crippen molar-refractivity contribution in [2.45, 2.75) is 33.4 Å². The minimum absolute atomic E-state index is 0.0257. The van der Waals surface area contributed by atoms with E-state index in [2.05, 4.69) is 14.9 Å². The molecule has 0 amide bonds. The van der Waals surface area contributed by atoms with Crippen LogP contribution in [0.4, 0.5) is 0 Å². The van der Waals surface area contributed by atoms with Crippen LogP contribution < -0.4 is 4.72 Å². The van der Waals surface area contributed by atoms with Gasteiger partial charge in [0.25, 0.3) is 0 Å². The molecule has 0 saturated heterocycles. The molecule has 0 saturated carbocycles. The van der Waals surface area contributed by atoms with Crippen molar-refractivity contribution in [1.82, 2.24) is 14.9 Å². The molecule has 0 atom stereocenters. The predicted octanol–water partition coefficient (Wildman–Crippen LogP) is 0.563. The van der Waals surface area contributed by atoms with Crippen molar-refractivity contribution < 1.29 is 13.2 Å².